The number of nitrogens with zero attached hydrogens (tertiary/aromatic N) is 5. The maximum Gasteiger partial charge on any atom is 0.231 e. The molecule has 0 aliphatic carbocycles. The Morgan fingerprint density at radius 3 is 2.78 bits per heavy atom. The van der Waals surface area contributed by atoms with Crippen LogP contribution in [-0.4, -0.2) is 36.8 Å². The predicted molar refractivity (Wildman–Crippen MR) is 88.0 cm³/mol. The molecule has 0 saturated heterocycles. The molecule has 1 atom stereocenters. The van der Waals surface area contributed by atoms with Crippen molar-refractivity contribution in [1.82, 2.24) is 24.9 Å². The molecule has 2 heterocycles. The lowest BCUT2D eigenvalue weighted by atomic mass is 9.90. The van der Waals surface area contributed by atoms with Gasteiger partial charge in [0.1, 0.15) is 11.4 Å². The average Bonchev–Trinajstić information content (AvgIpc) is 2.87. The largest absolute Gasteiger partial charge is 0.337 e. The molecule has 23 heavy (non-hydrogen) atoms. The minimum absolute atomic E-state index is 0.0183. The molecule has 7 nitrogen and oxygen atoms in total. The number of nitriles is 1. The summed E-state index contributed by atoms with van der Waals surface area (Å²) in [7, 11) is 0. The number of carbonyl (C=O) groups excluding carboxylic acids is 1. The summed E-state index contributed by atoms with van der Waals surface area (Å²) >= 11 is 1.28. The number of carbonyl (C=O) groups is 1. The number of rotatable bonds is 5. The van der Waals surface area contributed by atoms with Crippen molar-refractivity contribution >= 4 is 23.3 Å². The smallest absolute Gasteiger partial charge is 0.231 e. The summed E-state index contributed by atoms with van der Waals surface area (Å²) in [5.41, 5.74) is 0.708. The summed E-state index contributed by atoms with van der Waals surface area (Å²) in [6.07, 6.45) is 0. The Morgan fingerprint density at radius 2 is 2.17 bits per heavy atom. The van der Waals surface area contributed by atoms with Gasteiger partial charge in [0, 0.05) is 11.8 Å². The van der Waals surface area contributed by atoms with Crippen LogP contribution in [0, 0.1) is 31.1 Å². The number of aromatic nitrogens is 4. The number of fused-ring (bicyclic) bond motifs is 1. The molecule has 0 spiro atoms. The normalized spacial score (nSPS) is 13.8. The Hall–Kier alpha value is -2.14. The van der Waals surface area contributed by atoms with E-state index in [1.807, 2.05) is 38.2 Å². The number of amides is 1. The molecule has 122 valence electrons. The third-order valence-corrected chi connectivity index (χ3v) is 4.71. The van der Waals surface area contributed by atoms with Crippen molar-refractivity contribution < 1.29 is 4.79 Å². The fourth-order valence-electron chi connectivity index (χ4n) is 2.05. The molecular weight excluding hydrogens is 312 g/mol. The van der Waals surface area contributed by atoms with Crippen molar-refractivity contribution in [3.8, 4) is 6.07 Å². The number of nitrogens with one attached hydrogen (secondary N) is 1. The van der Waals surface area contributed by atoms with E-state index in [0.717, 1.165) is 11.5 Å². The van der Waals surface area contributed by atoms with Crippen molar-refractivity contribution in [3.63, 3.8) is 0 Å². The Labute approximate surface area is 139 Å². The highest BCUT2D eigenvalue weighted by molar-refractivity contribution is 7.99. The van der Waals surface area contributed by atoms with Crippen LogP contribution in [0.1, 0.15) is 32.3 Å². The summed E-state index contributed by atoms with van der Waals surface area (Å²) in [5, 5.41) is 20.9. The first-order chi connectivity index (χ1) is 10.8. The Bertz CT molecular complexity index is 778. The molecule has 0 aliphatic rings. The Kier molecular flexibility index (Phi) is 4.90. The van der Waals surface area contributed by atoms with Crippen molar-refractivity contribution in [1.29, 1.82) is 5.26 Å². The zero-order valence-corrected chi connectivity index (χ0v) is 14.7. The second kappa shape index (κ2) is 6.54. The van der Waals surface area contributed by atoms with Crippen molar-refractivity contribution in [3.05, 3.63) is 17.6 Å². The molecule has 0 aliphatic heterocycles. The molecule has 0 saturated carbocycles. The lowest BCUT2D eigenvalue weighted by Gasteiger charge is -2.27. The first-order valence-electron chi connectivity index (χ1n) is 7.31. The maximum atomic E-state index is 12.1. The van der Waals surface area contributed by atoms with Crippen LogP contribution in [0.5, 0.6) is 0 Å². The maximum absolute atomic E-state index is 12.1. The zero-order valence-electron chi connectivity index (χ0n) is 13.9. The van der Waals surface area contributed by atoms with Gasteiger partial charge in [0.05, 0.1) is 11.8 Å². The fraction of sp³-hybridized carbons (Fsp3) is 0.533. The number of hydrogen-bond donors (Lipinski definition) is 1. The molecule has 8 heteroatoms. The monoisotopic (exact) mass is 332 g/mol. The van der Waals surface area contributed by atoms with Crippen molar-refractivity contribution in [2.75, 3.05) is 5.75 Å². The number of hydrogen-bond acceptors (Lipinski definition) is 6. The summed E-state index contributed by atoms with van der Waals surface area (Å²) < 4.78 is 1.82. The van der Waals surface area contributed by atoms with Gasteiger partial charge in [-0.15, -0.1) is 10.2 Å². The standard InChI is InChI=1S/C15H20N6OS/c1-9(2)15(5,8-16)18-13(22)7-23-14-20-19-12-6-10(3)17-11(4)21(12)14/h6,9H,7H2,1-5H3,(H,18,22)/t15-/m1/s1. The van der Waals surface area contributed by atoms with Gasteiger partial charge in [-0.3, -0.25) is 9.20 Å². The van der Waals surface area contributed by atoms with E-state index < -0.39 is 5.54 Å². The molecule has 0 bridgehead atoms. The summed E-state index contributed by atoms with van der Waals surface area (Å²) in [6, 6.07) is 4.01. The summed E-state index contributed by atoms with van der Waals surface area (Å²) in [5.74, 6) is 0.752. The van der Waals surface area contributed by atoms with Gasteiger partial charge >= 0.3 is 0 Å². The van der Waals surface area contributed by atoms with Crippen LogP contribution in [0.15, 0.2) is 11.2 Å². The average molecular weight is 332 g/mol. The minimum atomic E-state index is -0.876. The lowest BCUT2D eigenvalue weighted by molar-refractivity contribution is -0.120. The van der Waals surface area contributed by atoms with Crippen LogP contribution in [0.4, 0.5) is 0 Å². The first-order valence-corrected chi connectivity index (χ1v) is 8.30. The topological polar surface area (TPSA) is 96.0 Å². The van der Waals surface area contributed by atoms with E-state index in [2.05, 4.69) is 26.6 Å². The second-order valence-electron chi connectivity index (χ2n) is 5.93. The number of aryl methyl sites for hydroxylation is 2. The van der Waals surface area contributed by atoms with Crippen molar-refractivity contribution in [2.45, 2.75) is 45.3 Å². The van der Waals surface area contributed by atoms with Crippen LogP contribution in [0.25, 0.3) is 5.65 Å². The van der Waals surface area contributed by atoms with Gasteiger partial charge in [0.2, 0.25) is 5.91 Å². The molecule has 0 unspecified atom stereocenters. The Balaban J connectivity index is 2.10. The molecule has 2 aromatic rings. The van der Waals surface area contributed by atoms with Gasteiger partial charge < -0.3 is 5.32 Å². The SMILES string of the molecule is Cc1cc2nnc(SCC(=O)N[C@](C)(C#N)C(C)C)n2c(C)n1. The highest BCUT2D eigenvalue weighted by Crippen LogP contribution is 2.20. The van der Waals surface area contributed by atoms with E-state index >= 15 is 0 Å². The van der Waals surface area contributed by atoms with E-state index in [0.29, 0.717) is 10.8 Å². The summed E-state index contributed by atoms with van der Waals surface area (Å²) in [6.45, 7) is 9.30. The van der Waals surface area contributed by atoms with Crippen LogP contribution in [0.2, 0.25) is 0 Å². The van der Waals surface area contributed by atoms with E-state index in [1.54, 1.807) is 6.92 Å². The quantitative estimate of drug-likeness (QED) is 0.840. The van der Waals surface area contributed by atoms with Gasteiger partial charge in [-0.1, -0.05) is 25.6 Å². The highest BCUT2D eigenvalue weighted by atomic mass is 32.2. The molecule has 0 fully saturated rings. The summed E-state index contributed by atoms with van der Waals surface area (Å²) in [4.78, 5) is 16.5. The van der Waals surface area contributed by atoms with Crippen molar-refractivity contribution in [2.24, 2.45) is 5.92 Å². The van der Waals surface area contributed by atoms with Crippen LogP contribution >= 0.6 is 11.8 Å². The minimum Gasteiger partial charge on any atom is -0.337 e. The first kappa shape index (κ1) is 17.2. The molecule has 2 rings (SSSR count). The van der Waals surface area contributed by atoms with Crippen LogP contribution in [0.3, 0.4) is 0 Å². The highest BCUT2D eigenvalue weighted by Gasteiger charge is 2.30. The van der Waals surface area contributed by atoms with E-state index in [9.17, 15) is 10.1 Å². The molecule has 0 radical (unpaired) electrons. The molecule has 0 aromatic carbocycles. The Morgan fingerprint density at radius 1 is 1.48 bits per heavy atom. The third kappa shape index (κ3) is 3.62. The van der Waals surface area contributed by atoms with Crippen LogP contribution in [-0.2, 0) is 4.79 Å². The van der Waals surface area contributed by atoms with Gasteiger partial charge in [-0.25, -0.2) is 4.98 Å². The second-order valence-corrected chi connectivity index (χ2v) is 6.87. The van der Waals surface area contributed by atoms with E-state index in [1.165, 1.54) is 11.8 Å². The van der Waals surface area contributed by atoms with E-state index in [-0.39, 0.29) is 17.6 Å². The molecule has 1 N–H and O–H groups in total. The predicted octanol–water partition coefficient (Wildman–Crippen LogP) is 1.89. The number of thioether (sulfide) groups is 1. The van der Waals surface area contributed by atoms with Crippen LogP contribution < -0.4 is 5.32 Å². The molecule has 2 aromatic heterocycles. The lowest BCUT2D eigenvalue weighted by Crippen LogP contribution is -2.49. The molecule has 1 amide bonds. The van der Waals surface area contributed by atoms with Gasteiger partial charge in [0.25, 0.3) is 0 Å². The van der Waals surface area contributed by atoms with Gasteiger partial charge in [-0.2, -0.15) is 5.26 Å². The molecular formula is C15H20N6OS. The van der Waals surface area contributed by atoms with E-state index in [4.69, 9.17) is 0 Å². The fourth-order valence-corrected chi connectivity index (χ4v) is 2.84. The zero-order chi connectivity index (χ0) is 17.2. The third-order valence-electron chi connectivity index (χ3n) is 3.78. The van der Waals surface area contributed by atoms with Gasteiger partial charge in [-0.05, 0) is 26.7 Å². The van der Waals surface area contributed by atoms with Gasteiger partial charge in [0.15, 0.2) is 10.8 Å².